The quantitative estimate of drug-likeness (QED) is 0.771. The highest BCUT2D eigenvalue weighted by Crippen LogP contribution is 2.50. The van der Waals surface area contributed by atoms with Crippen molar-refractivity contribution >= 4 is 0 Å². The van der Waals surface area contributed by atoms with Crippen molar-refractivity contribution in [2.45, 2.75) is 45.6 Å². The Hall–Kier alpha value is -0.890. The van der Waals surface area contributed by atoms with Crippen molar-refractivity contribution in [1.82, 2.24) is 0 Å². The molecule has 1 saturated carbocycles. The van der Waals surface area contributed by atoms with Gasteiger partial charge in [-0.05, 0) is 42.4 Å². The standard InChI is InChI=1S/C14H20FN/c1-10-9-11(5-6-12(10)15)14(16)8-4-7-13(14,2)3/h5-6,9H,4,7-8,16H2,1-3H3. The van der Waals surface area contributed by atoms with Crippen molar-refractivity contribution in [3.63, 3.8) is 0 Å². The van der Waals surface area contributed by atoms with E-state index in [0.29, 0.717) is 5.56 Å². The number of aryl methyl sites for hydroxylation is 1. The maximum Gasteiger partial charge on any atom is 0.126 e. The van der Waals surface area contributed by atoms with Gasteiger partial charge in [0.25, 0.3) is 0 Å². The van der Waals surface area contributed by atoms with Gasteiger partial charge in [0.2, 0.25) is 0 Å². The number of halogens is 1. The molecule has 1 aromatic rings. The first-order chi connectivity index (χ1) is 7.37. The van der Waals surface area contributed by atoms with Gasteiger partial charge in [-0.15, -0.1) is 0 Å². The number of nitrogens with two attached hydrogens (primary N) is 1. The van der Waals surface area contributed by atoms with Gasteiger partial charge in [-0.3, -0.25) is 0 Å². The molecule has 1 atom stereocenters. The van der Waals surface area contributed by atoms with Gasteiger partial charge < -0.3 is 5.73 Å². The van der Waals surface area contributed by atoms with Gasteiger partial charge in [-0.1, -0.05) is 32.4 Å². The van der Waals surface area contributed by atoms with Gasteiger partial charge in [0, 0.05) is 5.54 Å². The third-order valence-electron chi connectivity index (χ3n) is 4.25. The SMILES string of the molecule is Cc1cc(C2(N)CCCC2(C)C)ccc1F. The van der Waals surface area contributed by atoms with Crippen LogP contribution in [-0.2, 0) is 5.54 Å². The Labute approximate surface area is 96.9 Å². The second-order valence-electron chi connectivity index (χ2n) is 5.67. The lowest BCUT2D eigenvalue weighted by Gasteiger charge is -2.39. The second kappa shape index (κ2) is 3.56. The van der Waals surface area contributed by atoms with Crippen molar-refractivity contribution in [1.29, 1.82) is 0 Å². The summed E-state index contributed by atoms with van der Waals surface area (Å²) in [6.45, 7) is 6.21. The molecule has 16 heavy (non-hydrogen) atoms. The topological polar surface area (TPSA) is 26.0 Å². The molecule has 1 aromatic carbocycles. The highest BCUT2D eigenvalue weighted by Gasteiger charge is 2.46. The molecule has 0 amide bonds. The zero-order chi connectivity index (χ0) is 12.0. The Balaban J connectivity index is 2.47. The monoisotopic (exact) mass is 221 g/mol. The van der Waals surface area contributed by atoms with E-state index in [4.69, 9.17) is 5.73 Å². The maximum atomic E-state index is 13.3. The molecule has 1 unspecified atom stereocenters. The summed E-state index contributed by atoms with van der Waals surface area (Å²) in [5, 5.41) is 0. The summed E-state index contributed by atoms with van der Waals surface area (Å²) in [5.74, 6) is -0.150. The van der Waals surface area contributed by atoms with E-state index in [0.717, 1.165) is 24.8 Å². The first-order valence-corrected chi connectivity index (χ1v) is 5.92. The predicted octanol–water partition coefficient (Wildman–Crippen LogP) is 3.50. The van der Waals surface area contributed by atoms with E-state index < -0.39 is 0 Å². The van der Waals surface area contributed by atoms with Crippen LogP contribution in [0.15, 0.2) is 18.2 Å². The van der Waals surface area contributed by atoms with Crippen molar-refractivity contribution in [3.05, 3.63) is 35.1 Å². The van der Waals surface area contributed by atoms with Crippen LogP contribution < -0.4 is 5.73 Å². The molecular formula is C14H20FN. The van der Waals surface area contributed by atoms with Gasteiger partial charge in [0.1, 0.15) is 5.82 Å². The summed E-state index contributed by atoms with van der Waals surface area (Å²) in [7, 11) is 0. The highest BCUT2D eigenvalue weighted by molar-refractivity contribution is 5.32. The fourth-order valence-corrected chi connectivity index (χ4v) is 2.83. The molecular weight excluding hydrogens is 201 g/mol. The smallest absolute Gasteiger partial charge is 0.126 e. The summed E-state index contributed by atoms with van der Waals surface area (Å²) in [4.78, 5) is 0. The van der Waals surface area contributed by atoms with Crippen LogP contribution in [0.3, 0.4) is 0 Å². The normalized spacial score (nSPS) is 28.3. The fourth-order valence-electron chi connectivity index (χ4n) is 2.83. The summed E-state index contributed by atoms with van der Waals surface area (Å²) < 4.78 is 13.3. The average Bonchev–Trinajstić information content (AvgIpc) is 2.47. The van der Waals surface area contributed by atoms with Crippen molar-refractivity contribution in [2.24, 2.45) is 11.1 Å². The van der Waals surface area contributed by atoms with E-state index in [2.05, 4.69) is 13.8 Å². The first-order valence-electron chi connectivity index (χ1n) is 5.92. The van der Waals surface area contributed by atoms with E-state index in [9.17, 15) is 4.39 Å². The Morgan fingerprint density at radius 2 is 1.94 bits per heavy atom. The summed E-state index contributed by atoms with van der Waals surface area (Å²) >= 11 is 0. The van der Waals surface area contributed by atoms with Crippen LogP contribution >= 0.6 is 0 Å². The average molecular weight is 221 g/mol. The second-order valence-corrected chi connectivity index (χ2v) is 5.67. The van der Waals surface area contributed by atoms with Crippen LogP contribution in [0.2, 0.25) is 0 Å². The largest absolute Gasteiger partial charge is 0.321 e. The van der Waals surface area contributed by atoms with Gasteiger partial charge >= 0.3 is 0 Å². The summed E-state index contributed by atoms with van der Waals surface area (Å²) in [6, 6.07) is 5.28. The van der Waals surface area contributed by atoms with Crippen LogP contribution in [0.1, 0.15) is 44.2 Å². The molecule has 2 N–H and O–H groups in total. The Morgan fingerprint density at radius 1 is 1.25 bits per heavy atom. The lowest BCUT2D eigenvalue weighted by molar-refractivity contribution is 0.210. The van der Waals surface area contributed by atoms with Crippen LogP contribution in [-0.4, -0.2) is 0 Å². The molecule has 0 bridgehead atoms. The van der Waals surface area contributed by atoms with Crippen LogP contribution in [0.5, 0.6) is 0 Å². The van der Waals surface area contributed by atoms with Gasteiger partial charge in [-0.25, -0.2) is 4.39 Å². The maximum absolute atomic E-state index is 13.3. The van der Waals surface area contributed by atoms with Crippen molar-refractivity contribution in [3.8, 4) is 0 Å². The van der Waals surface area contributed by atoms with E-state index in [1.807, 2.05) is 12.1 Å². The minimum absolute atomic E-state index is 0.0945. The molecule has 0 aromatic heterocycles. The third-order valence-corrected chi connectivity index (χ3v) is 4.25. The Bertz CT molecular complexity index is 411. The third kappa shape index (κ3) is 1.56. The Kier molecular flexibility index (Phi) is 2.58. The van der Waals surface area contributed by atoms with Gasteiger partial charge in [0.05, 0.1) is 0 Å². The number of benzene rings is 1. The molecule has 88 valence electrons. The Morgan fingerprint density at radius 3 is 2.44 bits per heavy atom. The van der Waals surface area contributed by atoms with E-state index in [-0.39, 0.29) is 16.8 Å². The van der Waals surface area contributed by atoms with Crippen LogP contribution in [0.4, 0.5) is 4.39 Å². The number of hydrogen-bond acceptors (Lipinski definition) is 1. The highest BCUT2D eigenvalue weighted by atomic mass is 19.1. The molecule has 0 spiro atoms. The number of hydrogen-bond donors (Lipinski definition) is 1. The molecule has 2 rings (SSSR count). The van der Waals surface area contributed by atoms with E-state index >= 15 is 0 Å². The predicted molar refractivity (Wildman–Crippen MR) is 64.6 cm³/mol. The molecule has 1 nitrogen and oxygen atoms in total. The molecule has 0 radical (unpaired) electrons. The molecule has 1 fully saturated rings. The van der Waals surface area contributed by atoms with Crippen molar-refractivity contribution in [2.75, 3.05) is 0 Å². The molecule has 0 saturated heterocycles. The molecule has 1 aliphatic rings. The summed E-state index contributed by atoms with van der Waals surface area (Å²) in [5.41, 5.74) is 8.11. The fraction of sp³-hybridized carbons (Fsp3) is 0.571. The molecule has 0 heterocycles. The minimum Gasteiger partial charge on any atom is -0.321 e. The molecule has 1 aliphatic carbocycles. The minimum atomic E-state index is -0.300. The summed E-state index contributed by atoms with van der Waals surface area (Å²) in [6.07, 6.45) is 3.28. The first kappa shape index (κ1) is 11.6. The van der Waals surface area contributed by atoms with Crippen LogP contribution in [0, 0.1) is 18.2 Å². The lowest BCUT2D eigenvalue weighted by Crippen LogP contribution is -2.45. The molecule has 2 heteroatoms. The number of rotatable bonds is 1. The van der Waals surface area contributed by atoms with Gasteiger partial charge in [-0.2, -0.15) is 0 Å². The lowest BCUT2D eigenvalue weighted by atomic mass is 9.71. The van der Waals surface area contributed by atoms with Crippen LogP contribution in [0.25, 0.3) is 0 Å². The van der Waals surface area contributed by atoms with E-state index in [1.54, 1.807) is 6.92 Å². The zero-order valence-corrected chi connectivity index (χ0v) is 10.3. The van der Waals surface area contributed by atoms with E-state index in [1.165, 1.54) is 6.07 Å². The van der Waals surface area contributed by atoms with Gasteiger partial charge in [0.15, 0.2) is 0 Å². The molecule has 0 aliphatic heterocycles. The zero-order valence-electron chi connectivity index (χ0n) is 10.3. The van der Waals surface area contributed by atoms with Crippen molar-refractivity contribution < 1.29 is 4.39 Å².